The van der Waals surface area contributed by atoms with E-state index in [1.54, 1.807) is 4.90 Å². The van der Waals surface area contributed by atoms with Gasteiger partial charge in [-0.1, -0.05) is 23.8 Å². The molecule has 0 aliphatic carbocycles. The fourth-order valence-corrected chi connectivity index (χ4v) is 3.31. The summed E-state index contributed by atoms with van der Waals surface area (Å²) in [5, 5.41) is 0. The molecule has 0 fully saturated rings. The highest BCUT2D eigenvalue weighted by molar-refractivity contribution is 5.78. The van der Waals surface area contributed by atoms with Gasteiger partial charge in [0, 0.05) is 6.54 Å². The van der Waals surface area contributed by atoms with Crippen molar-refractivity contribution in [2.45, 2.75) is 33.2 Å². The van der Waals surface area contributed by atoms with Gasteiger partial charge in [0.15, 0.2) is 6.61 Å². The topological polar surface area (TPSA) is 29.5 Å². The first-order valence-corrected chi connectivity index (χ1v) is 8.23. The molecular weight excluding hydrogens is 305 g/mol. The molecule has 1 aliphatic rings. The minimum Gasteiger partial charge on any atom is -0.483 e. The van der Waals surface area contributed by atoms with Gasteiger partial charge in [0.1, 0.15) is 11.6 Å². The van der Waals surface area contributed by atoms with Crippen molar-refractivity contribution in [3.05, 3.63) is 64.5 Å². The SMILES string of the molecule is Cc1ccc(OCC(=O)N2CCc3ccc(F)cc3C2C)c(C)c1. The maximum atomic E-state index is 13.5. The van der Waals surface area contributed by atoms with E-state index in [2.05, 4.69) is 0 Å². The van der Waals surface area contributed by atoms with E-state index in [-0.39, 0.29) is 24.4 Å². The van der Waals surface area contributed by atoms with Gasteiger partial charge in [-0.2, -0.15) is 0 Å². The summed E-state index contributed by atoms with van der Waals surface area (Å²) in [6, 6.07) is 10.6. The van der Waals surface area contributed by atoms with Crippen LogP contribution in [-0.2, 0) is 11.2 Å². The summed E-state index contributed by atoms with van der Waals surface area (Å²) >= 11 is 0. The number of halogens is 1. The summed E-state index contributed by atoms with van der Waals surface area (Å²) in [5.74, 6) is 0.392. The zero-order chi connectivity index (χ0) is 17.3. The molecule has 126 valence electrons. The van der Waals surface area contributed by atoms with Gasteiger partial charge in [0.25, 0.3) is 5.91 Å². The number of carbonyl (C=O) groups is 1. The Morgan fingerprint density at radius 2 is 2.04 bits per heavy atom. The number of hydrogen-bond donors (Lipinski definition) is 0. The third kappa shape index (κ3) is 3.28. The van der Waals surface area contributed by atoms with Crippen LogP contribution in [0.3, 0.4) is 0 Å². The lowest BCUT2D eigenvalue weighted by atomic mass is 9.93. The standard InChI is InChI=1S/C20H22FNO2/c1-13-4-7-19(14(2)10-13)24-12-20(23)22-9-8-16-5-6-17(21)11-18(16)15(22)3/h4-7,10-11,15H,8-9,12H2,1-3H3. The lowest BCUT2D eigenvalue weighted by Gasteiger charge is -2.35. The summed E-state index contributed by atoms with van der Waals surface area (Å²) in [6.07, 6.45) is 0.745. The number of hydrogen-bond acceptors (Lipinski definition) is 2. The van der Waals surface area contributed by atoms with Crippen molar-refractivity contribution in [1.82, 2.24) is 4.90 Å². The van der Waals surface area contributed by atoms with Crippen LogP contribution in [0.5, 0.6) is 5.75 Å². The van der Waals surface area contributed by atoms with E-state index in [9.17, 15) is 9.18 Å². The molecule has 24 heavy (non-hydrogen) atoms. The molecule has 0 radical (unpaired) electrons. The second-order valence-corrected chi connectivity index (χ2v) is 6.41. The molecule has 4 heteroatoms. The summed E-state index contributed by atoms with van der Waals surface area (Å²) in [6.45, 7) is 6.56. The Morgan fingerprint density at radius 3 is 2.79 bits per heavy atom. The molecule has 0 saturated carbocycles. The minimum atomic E-state index is -0.263. The van der Waals surface area contributed by atoms with Crippen LogP contribution in [0, 0.1) is 19.7 Å². The smallest absolute Gasteiger partial charge is 0.261 e. The van der Waals surface area contributed by atoms with E-state index in [0.29, 0.717) is 6.54 Å². The van der Waals surface area contributed by atoms with Gasteiger partial charge in [-0.15, -0.1) is 0 Å². The minimum absolute atomic E-state index is 0.00110. The average Bonchev–Trinajstić information content (AvgIpc) is 2.54. The first-order valence-electron chi connectivity index (χ1n) is 8.23. The number of fused-ring (bicyclic) bond motifs is 1. The molecule has 0 bridgehead atoms. The number of ether oxygens (including phenoxy) is 1. The predicted molar refractivity (Wildman–Crippen MR) is 91.6 cm³/mol. The molecule has 1 atom stereocenters. The van der Waals surface area contributed by atoms with Gasteiger partial charge < -0.3 is 9.64 Å². The van der Waals surface area contributed by atoms with Crippen LogP contribution >= 0.6 is 0 Å². The van der Waals surface area contributed by atoms with Crippen LogP contribution in [0.4, 0.5) is 4.39 Å². The zero-order valence-corrected chi connectivity index (χ0v) is 14.3. The summed E-state index contributed by atoms with van der Waals surface area (Å²) < 4.78 is 19.2. The number of rotatable bonds is 3. The number of aryl methyl sites for hydroxylation is 2. The molecular formula is C20H22FNO2. The summed E-state index contributed by atoms with van der Waals surface area (Å²) in [7, 11) is 0. The van der Waals surface area contributed by atoms with Crippen LogP contribution in [0.2, 0.25) is 0 Å². The van der Waals surface area contributed by atoms with Gasteiger partial charge in [0.05, 0.1) is 6.04 Å². The summed E-state index contributed by atoms with van der Waals surface area (Å²) in [5.41, 5.74) is 4.18. The third-order valence-corrected chi connectivity index (χ3v) is 4.65. The third-order valence-electron chi connectivity index (χ3n) is 4.65. The van der Waals surface area contributed by atoms with Crippen molar-refractivity contribution in [1.29, 1.82) is 0 Å². The van der Waals surface area contributed by atoms with Gasteiger partial charge in [-0.25, -0.2) is 4.39 Å². The first kappa shape index (κ1) is 16.5. The first-order chi connectivity index (χ1) is 11.5. The molecule has 1 heterocycles. The van der Waals surface area contributed by atoms with Crippen LogP contribution in [0.15, 0.2) is 36.4 Å². The Morgan fingerprint density at radius 1 is 1.25 bits per heavy atom. The molecule has 0 spiro atoms. The number of nitrogens with zero attached hydrogens (tertiary/aromatic N) is 1. The van der Waals surface area contributed by atoms with E-state index in [1.807, 2.05) is 45.0 Å². The molecule has 0 N–H and O–H groups in total. The van der Waals surface area contributed by atoms with Crippen LogP contribution in [0.1, 0.15) is 35.2 Å². The van der Waals surface area contributed by atoms with Crippen LogP contribution in [0.25, 0.3) is 0 Å². The maximum Gasteiger partial charge on any atom is 0.261 e. The van der Waals surface area contributed by atoms with Gasteiger partial charge in [0.2, 0.25) is 0 Å². The molecule has 1 unspecified atom stereocenters. The average molecular weight is 327 g/mol. The largest absolute Gasteiger partial charge is 0.483 e. The van der Waals surface area contributed by atoms with Gasteiger partial charge in [-0.3, -0.25) is 4.79 Å². The zero-order valence-electron chi connectivity index (χ0n) is 14.3. The second kappa shape index (κ2) is 6.63. The lowest BCUT2D eigenvalue weighted by molar-refractivity contribution is -0.136. The number of carbonyl (C=O) groups excluding carboxylic acids is 1. The normalized spacial score (nSPS) is 16.7. The molecule has 0 aromatic heterocycles. The predicted octanol–water partition coefficient (Wildman–Crippen LogP) is 3.97. The molecule has 0 saturated heterocycles. The van der Waals surface area contributed by atoms with Gasteiger partial charge in [-0.05, 0) is 62.1 Å². The van der Waals surface area contributed by atoms with Gasteiger partial charge >= 0.3 is 0 Å². The Bertz CT molecular complexity index is 772. The Hall–Kier alpha value is -2.36. The van der Waals surface area contributed by atoms with Crippen LogP contribution in [-0.4, -0.2) is 24.0 Å². The van der Waals surface area contributed by atoms with E-state index in [0.717, 1.165) is 34.4 Å². The van der Waals surface area contributed by atoms with Crippen molar-refractivity contribution in [2.75, 3.05) is 13.2 Å². The molecule has 3 nitrogen and oxygen atoms in total. The Balaban J connectivity index is 1.69. The highest BCUT2D eigenvalue weighted by Crippen LogP contribution is 2.30. The quantitative estimate of drug-likeness (QED) is 0.854. The lowest BCUT2D eigenvalue weighted by Crippen LogP contribution is -2.41. The fraction of sp³-hybridized carbons (Fsp3) is 0.350. The molecule has 2 aromatic carbocycles. The molecule has 1 amide bonds. The number of amides is 1. The highest BCUT2D eigenvalue weighted by atomic mass is 19.1. The Kier molecular flexibility index (Phi) is 4.56. The number of benzene rings is 2. The molecule has 3 rings (SSSR count). The van der Waals surface area contributed by atoms with E-state index in [4.69, 9.17) is 4.74 Å². The van der Waals surface area contributed by atoms with Crippen molar-refractivity contribution >= 4 is 5.91 Å². The van der Waals surface area contributed by atoms with Crippen molar-refractivity contribution in [2.24, 2.45) is 0 Å². The van der Waals surface area contributed by atoms with Crippen molar-refractivity contribution in [3.63, 3.8) is 0 Å². The van der Waals surface area contributed by atoms with Crippen molar-refractivity contribution in [3.8, 4) is 5.75 Å². The Labute approximate surface area is 142 Å². The monoisotopic (exact) mass is 327 g/mol. The summed E-state index contributed by atoms with van der Waals surface area (Å²) in [4.78, 5) is 14.3. The van der Waals surface area contributed by atoms with E-state index >= 15 is 0 Å². The fourth-order valence-electron chi connectivity index (χ4n) is 3.31. The highest BCUT2D eigenvalue weighted by Gasteiger charge is 2.28. The van der Waals surface area contributed by atoms with E-state index in [1.165, 1.54) is 12.1 Å². The van der Waals surface area contributed by atoms with Crippen molar-refractivity contribution < 1.29 is 13.9 Å². The molecule has 2 aromatic rings. The second-order valence-electron chi connectivity index (χ2n) is 6.41. The maximum absolute atomic E-state index is 13.5. The molecule has 1 aliphatic heterocycles. The van der Waals surface area contributed by atoms with Crippen LogP contribution < -0.4 is 4.74 Å². The van der Waals surface area contributed by atoms with E-state index < -0.39 is 0 Å².